The number of aromatic amines is 1. The average Bonchev–Trinajstić information content (AvgIpc) is 2.85. The minimum atomic E-state index is -0.240. The van der Waals surface area contributed by atoms with Crippen molar-refractivity contribution in [1.82, 2.24) is 15.2 Å². The molecule has 3 aromatic rings. The SMILES string of the molecule is COc1csc2c(-c3cccnc3)n[nH]c(=O)c12. The van der Waals surface area contributed by atoms with Crippen LogP contribution in [0.5, 0.6) is 5.75 Å². The van der Waals surface area contributed by atoms with Crippen molar-refractivity contribution in [1.29, 1.82) is 0 Å². The van der Waals surface area contributed by atoms with E-state index in [1.165, 1.54) is 11.3 Å². The summed E-state index contributed by atoms with van der Waals surface area (Å²) in [5.74, 6) is 0.573. The van der Waals surface area contributed by atoms with Gasteiger partial charge in [-0.2, -0.15) is 5.10 Å². The van der Waals surface area contributed by atoms with Crippen LogP contribution in [0, 0.1) is 0 Å². The van der Waals surface area contributed by atoms with Gasteiger partial charge < -0.3 is 4.74 Å². The lowest BCUT2D eigenvalue weighted by molar-refractivity contribution is 0.421. The average molecular weight is 259 g/mol. The standard InChI is InChI=1S/C12H9N3O2S/c1-17-8-6-18-11-9(8)12(16)15-14-10(11)7-3-2-4-13-5-7/h2-6H,1H3,(H,15,16). The van der Waals surface area contributed by atoms with E-state index >= 15 is 0 Å². The normalized spacial score (nSPS) is 10.7. The Hall–Kier alpha value is -2.21. The fourth-order valence-electron chi connectivity index (χ4n) is 1.79. The number of fused-ring (bicyclic) bond motifs is 1. The van der Waals surface area contributed by atoms with E-state index in [1.54, 1.807) is 24.9 Å². The third kappa shape index (κ3) is 1.58. The van der Waals surface area contributed by atoms with Crippen LogP contribution in [0.1, 0.15) is 0 Å². The molecule has 6 heteroatoms. The molecule has 0 unspecified atom stereocenters. The molecule has 0 aromatic carbocycles. The Kier molecular flexibility index (Phi) is 2.56. The second-order valence-electron chi connectivity index (χ2n) is 3.65. The molecule has 5 nitrogen and oxygen atoms in total. The van der Waals surface area contributed by atoms with Gasteiger partial charge in [0.2, 0.25) is 0 Å². The van der Waals surface area contributed by atoms with Crippen molar-refractivity contribution >= 4 is 21.4 Å². The Morgan fingerprint density at radius 3 is 3.06 bits per heavy atom. The number of nitrogens with zero attached hydrogens (tertiary/aromatic N) is 2. The van der Waals surface area contributed by atoms with E-state index in [2.05, 4.69) is 15.2 Å². The molecule has 0 aliphatic carbocycles. The van der Waals surface area contributed by atoms with Crippen LogP contribution < -0.4 is 10.3 Å². The number of hydrogen-bond donors (Lipinski definition) is 1. The maximum atomic E-state index is 11.8. The van der Waals surface area contributed by atoms with Crippen molar-refractivity contribution in [3.63, 3.8) is 0 Å². The zero-order chi connectivity index (χ0) is 12.5. The molecule has 18 heavy (non-hydrogen) atoms. The van der Waals surface area contributed by atoms with E-state index in [0.29, 0.717) is 16.8 Å². The molecule has 0 bridgehead atoms. The van der Waals surface area contributed by atoms with Gasteiger partial charge in [0.25, 0.3) is 5.56 Å². The molecule has 0 saturated carbocycles. The minimum Gasteiger partial charge on any atom is -0.495 e. The lowest BCUT2D eigenvalue weighted by Crippen LogP contribution is -2.08. The van der Waals surface area contributed by atoms with Crippen LogP contribution in [0.25, 0.3) is 21.3 Å². The quantitative estimate of drug-likeness (QED) is 0.764. The molecule has 3 rings (SSSR count). The Morgan fingerprint density at radius 1 is 1.44 bits per heavy atom. The van der Waals surface area contributed by atoms with Gasteiger partial charge in [0.1, 0.15) is 16.8 Å². The number of methoxy groups -OCH3 is 1. The summed E-state index contributed by atoms with van der Waals surface area (Å²) in [6, 6.07) is 3.73. The third-order valence-electron chi connectivity index (χ3n) is 2.62. The fraction of sp³-hybridized carbons (Fsp3) is 0.0833. The molecular weight excluding hydrogens is 250 g/mol. The van der Waals surface area contributed by atoms with Crippen molar-refractivity contribution in [3.05, 3.63) is 40.3 Å². The topological polar surface area (TPSA) is 67.9 Å². The number of pyridine rings is 1. The Morgan fingerprint density at radius 2 is 2.33 bits per heavy atom. The summed E-state index contributed by atoms with van der Waals surface area (Å²) in [6.07, 6.45) is 3.41. The maximum absolute atomic E-state index is 11.8. The largest absolute Gasteiger partial charge is 0.495 e. The molecule has 0 saturated heterocycles. The summed E-state index contributed by atoms with van der Waals surface area (Å²) < 4.78 is 6.00. The van der Waals surface area contributed by atoms with Crippen LogP contribution in [-0.2, 0) is 0 Å². The van der Waals surface area contributed by atoms with Gasteiger partial charge in [-0.05, 0) is 12.1 Å². The molecule has 0 amide bonds. The third-order valence-corrected chi connectivity index (χ3v) is 3.59. The second-order valence-corrected chi connectivity index (χ2v) is 4.53. The number of H-pyrrole nitrogens is 1. The molecule has 90 valence electrons. The summed E-state index contributed by atoms with van der Waals surface area (Å²) in [6.45, 7) is 0. The number of ether oxygens (including phenoxy) is 1. The monoisotopic (exact) mass is 259 g/mol. The highest BCUT2D eigenvalue weighted by Crippen LogP contribution is 2.34. The molecule has 0 spiro atoms. The fourth-order valence-corrected chi connectivity index (χ4v) is 2.82. The maximum Gasteiger partial charge on any atom is 0.276 e. The molecule has 0 fully saturated rings. The number of aromatic nitrogens is 3. The zero-order valence-corrected chi connectivity index (χ0v) is 10.3. The van der Waals surface area contributed by atoms with Crippen LogP contribution in [-0.4, -0.2) is 22.3 Å². The van der Waals surface area contributed by atoms with Crippen LogP contribution in [0.4, 0.5) is 0 Å². The van der Waals surface area contributed by atoms with Gasteiger partial charge in [0, 0.05) is 23.3 Å². The highest BCUT2D eigenvalue weighted by Gasteiger charge is 2.14. The van der Waals surface area contributed by atoms with E-state index in [-0.39, 0.29) is 5.56 Å². The molecular formula is C12H9N3O2S. The Labute approximate surface area is 106 Å². The summed E-state index contributed by atoms with van der Waals surface area (Å²) in [7, 11) is 1.55. The number of rotatable bonds is 2. The Bertz CT molecular complexity index is 749. The summed E-state index contributed by atoms with van der Waals surface area (Å²) >= 11 is 1.44. The molecule has 3 heterocycles. The van der Waals surface area contributed by atoms with E-state index in [4.69, 9.17) is 4.74 Å². The molecule has 0 aliphatic heterocycles. The molecule has 1 N–H and O–H groups in total. The van der Waals surface area contributed by atoms with Gasteiger partial charge in [0.15, 0.2) is 0 Å². The van der Waals surface area contributed by atoms with E-state index in [0.717, 1.165) is 10.3 Å². The van der Waals surface area contributed by atoms with E-state index in [9.17, 15) is 4.79 Å². The van der Waals surface area contributed by atoms with Crippen molar-refractivity contribution in [2.45, 2.75) is 0 Å². The molecule has 3 aromatic heterocycles. The first-order valence-corrected chi connectivity index (χ1v) is 6.13. The van der Waals surface area contributed by atoms with Crippen molar-refractivity contribution in [3.8, 4) is 17.0 Å². The molecule has 0 radical (unpaired) electrons. The van der Waals surface area contributed by atoms with Gasteiger partial charge in [0.05, 0.1) is 11.8 Å². The predicted octanol–water partition coefficient (Wildman–Crippen LogP) is 2.06. The number of thiophene rings is 1. The number of hydrogen-bond acceptors (Lipinski definition) is 5. The van der Waals surface area contributed by atoms with Crippen molar-refractivity contribution in [2.75, 3.05) is 7.11 Å². The first-order chi connectivity index (χ1) is 8.81. The summed E-state index contributed by atoms with van der Waals surface area (Å²) in [5, 5.41) is 8.94. The smallest absolute Gasteiger partial charge is 0.276 e. The predicted molar refractivity (Wildman–Crippen MR) is 70.0 cm³/mol. The van der Waals surface area contributed by atoms with Crippen molar-refractivity contribution < 1.29 is 4.74 Å². The first-order valence-electron chi connectivity index (χ1n) is 5.25. The van der Waals surface area contributed by atoms with Crippen LogP contribution in [0.15, 0.2) is 34.7 Å². The van der Waals surface area contributed by atoms with Crippen molar-refractivity contribution in [2.24, 2.45) is 0 Å². The van der Waals surface area contributed by atoms with Gasteiger partial charge >= 0.3 is 0 Å². The van der Waals surface area contributed by atoms with Gasteiger partial charge in [-0.3, -0.25) is 9.78 Å². The van der Waals surface area contributed by atoms with Gasteiger partial charge in [-0.15, -0.1) is 11.3 Å². The molecule has 0 aliphatic rings. The summed E-state index contributed by atoms with van der Waals surface area (Å²) in [4.78, 5) is 15.9. The van der Waals surface area contributed by atoms with E-state index in [1.807, 2.05) is 12.1 Å². The minimum absolute atomic E-state index is 0.240. The van der Waals surface area contributed by atoms with Crippen LogP contribution in [0.3, 0.4) is 0 Å². The highest BCUT2D eigenvalue weighted by molar-refractivity contribution is 7.18. The second kappa shape index (κ2) is 4.23. The number of nitrogens with one attached hydrogen (secondary N) is 1. The van der Waals surface area contributed by atoms with Gasteiger partial charge in [-0.1, -0.05) is 0 Å². The van der Waals surface area contributed by atoms with Crippen LogP contribution in [0.2, 0.25) is 0 Å². The highest BCUT2D eigenvalue weighted by atomic mass is 32.1. The molecule has 0 atom stereocenters. The first kappa shape index (κ1) is 10.9. The lowest BCUT2D eigenvalue weighted by Gasteiger charge is -2.01. The van der Waals surface area contributed by atoms with Gasteiger partial charge in [-0.25, -0.2) is 5.10 Å². The Balaban J connectivity index is 2.36. The van der Waals surface area contributed by atoms with E-state index < -0.39 is 0 Å². The zero-order valence-electron chi connectivity index (χ0n) is 9.51. The van der Waals surface area contributed by atoms with Crippen LogP contribution >= 0.6 is 11.3 Å². The summed E-state index contributed by atoms with van der Waals surface area (Å²) in [5.41, 5.74) is 1.34. The lowest BCUT2D eigenvalue weighted by atomic mass is 10.2.